The molecule has 2 rings (SSSR count). The second kappa shape index (κ2) is 4.80. The molecular weight excluding hydrogens is 230 g/mol. The highest BCUT2D eigenvalue weighted by Gasteiger charge is 2.34. The van der Waals surface area contributed by atoms with Gasteiger partial charge >= 0.3 is 0 Å². The molecule has 1 saturated carbocycles. The number of nitrogens with zero attached hydrogens (tertiary/aromatic N) is 3. The second-order valence-electron chi connectivity index (χ2n) is 5.57. The molecule has 2 unspecified atom stereocenters. The molecule has 0 amide bonds. The molecule has 18 heavy (non-hydrogen) atoms. The molecule has 100 valence electrons. The fraction of sp³-hybridized carbons (Fsp3) is 0.769. The summed E-state index contributed by atoms with van der Waals surface area (Å²) in [4.78, 5) is 11.9. The summed E-state index contributed by atoms with van der Waals surface area (Å²) in [7, 11) is 0. The molecule has 1 aromatic rings. The van der Waals surface area contributed by atoms with E-state index in [1.54, 1.807) is 17.8 Å². The predicted molar refractivity (Wildman–Crippen MR) is 67.1 cm³/mol. The maximum Gasteiger partial charge on any atom is 0.160 e. The third-order valence-corrected chi connectivity index (χ3v) is 3.67. The lowest BCUT2D eigenvalue weighted by atomic mass is 9.98. The van der Waals surface area contributed by atoms with Crippen molar-refractivity contribution in [2.24, 2.45) is 5.92 Å². The average Bonchev–Trinajstić information content (AvgIpc) is 3.08. The zero-order chi connectivity index (χ0) is 13.3. The fourth-order valence-corrected chi connectivity index (χ4v) is 1.94. The maximum absolute atomic E-state index is 11.9. The molecule has 0 saturated heterocycles. The van der Waals surface area contributed by atoms with Crippen molar-refractivity contribution < 1.29 is 9.90 Å². The van der Waals surface area contributed by atoms with Crippen LogP contribution in [0.2, 0.25) is 0 Å². The summed E-state index contributed by atoms with van der Waals surface area (Å²) in [6, 6.07) is -0.245. The second-order valence-corrected chi connectivity index (χ2v) is 5.57. The maximum atomic E-state index is 11.9. The molecule has 1 aromatic heterocycles. The number of rotatable bonds is 6. The molecule has 1 N–H and O–H groups in total. The van der Waals surface area contributed by atoms with Crippen LogP contribution in [-0.4, -0.2) is 31.5 Å². The zero-order valence-corrected chi connectivity index (χ0v) is 11.3. The summed E-state index contributed by atoms with van der Waals surface area (Å²) < 4.78 is 1.61. The average molecular weight is 251 g/mol. The van der Waals surface area contributed by atoms with Gasteiger partial charge in [-0.1, -0.05) is 12.1 Å². The van der Waals surface area contributed by atoms with E-state index in [1.807, 2.05) is 13.8 Å². The van der Waals surface area contributed by atoms with Gasteiger partial charge in [0.05, 0.1) is 11.3 Å². The van der Waals surface area contributed by atoms with Crippen molar-refractivity contribution in [2.45, 2.75) is 58.1 Å². The SMILES string of the molecule is CCC(C)(O)Cc1cn(C(C)C(=O)C2CC2)nn1. The molecule has 0 radical (unpaired) electrons. The lowest BCUT2D eigenvalue weighted by Crippen LogP contribution is -2.26. The van der Waals surface area contributed by atoms with Crippen LogP contribution in [-0.2, 0) is 11.2 Å². The van der Waals surface area contributed by atoms with Gasteiger partial charge in [0.15, 0.2) is 5.78 Å². The minimum Gasteiger partial charge on any atom is -0.390 e. The number of ketones is 1. The van der Waals surface area contributed by atoms with E-state index in [0.29, 0.717) is 12.8 Å². The largest absolute Gasteiger partial charge is 0.390 e. The molecule has 0 bridgehead atoms. The number of aliphatic hydroxyl groups is 1. The molecule has 1 heterocycles. The summed E-state index contributed by atoms with van der Waals surface area (Å²) in [6.07, 6.45) is 4.92. The van der Waals surface area contributed by atoms with Gasteiger partial charge in [0.25, 0.3) is 0 Å². The highest BCUT2D eigenvalue weighted by atomic mass is 16.3. The molecule has 5 nitrogen and oxygen atoms in total. The number of aromatic nitrogens is 3. The van der Waals surface area contributed by atoms with Crippen LogP contribution in [0.15, 0.2) is 6.20 Å². The van der Waals surface area contributed by atoms with Crippen molar-refractivity contribution in [3.05, 3.63) is 11.9 Å². The lowest BCUT2D eigenvalue weighted by molar-refractivity contribution is -0.123. The summed E-state index contributed by atoms with van der Waals surface area (Å²) in [5, 5.41) is 18.0. The fourth-order valence-electron chi connectivity index (χ4n) is 1.94. The lowest BCUT2D eigenvalue weighted by Gasteiger charge is -2.19. The monoisotopic (exact) mass is 251 g/mol. The van der Waals surface area contributed by atoms with Crippen LogP contribution in [0.4, 0.5) is 0 Å². The first-order valence-corrected chi connectivity index (χ1v) is 6.60. The van der Waals surface area contributed by atoms with Crippen molar-refractivity contribution in [3.63, 3.8) is 0 Å². The van der Waals surface area contributed by atoms with Crippen LogP contribution >= 0.6 is 0 Å². The first-order chi connectivity index (χ1) is 8.43. The number of Topliss-reactive ketones (excluding diaryl/α,β-unsaturated/α-hetero) is 1. The van der Waals surface area contributed by atoms with Gasteiger partial charge < -0.3 is 5.11 Å². The van der Waals surface area contributed by atoms with E-state index in [4.69, 9.17) is 0 Å². The number of hydrogen-bond donors (Lipinski definition) is 1. The van der Waals surface area contributed by atoms with Crippen LogP contribution in [0.3, 0.4) is 0 Å². The van der Waals surface area contributed by atoms with Crippen LogP contribution < -0.4 is 0 Å². The van der Waals surface area contributed by atoms with Gasteiger partial charge in [-0.3, -0.25) is 4.79 Å². The van der Waals surface area contributed by atoms with Crippen LogP contribution in [0.1, 0.15) is 51.8 Å². The van der Waals surface area contributed by atoms with Crippen molar-refractivity contribution in [1.82, 2.24) is 15.0 Å². The van der Waals surface area contributed by atoms with E-state index in [1.165, 1.54) is 0 Å². The first kappa shape index (κ1) is 13.2. The molecule has 1 fully saturated rings. The van der Waals surface area contributed by atoms with Crippen LogP contribution in [0.25, 0.3) is 0 Å². The number of hydrogen-bond acceptors (Lipinski definition) is 4. The summed E-state index contributed by atoms with van der Waals surface area (Å²) in [5.41, 5.74) is -0.0257. The van der Waals surface area contributed by atoms with Crippen LogP contribution in [0, 0.1) is 5.92 Å². The van der Waals surface area contributed by atoms with E-state index in [2.05, 4.69) is 10.3 Å². The molecule has 0 spiro atoms. The van der Waals surface area contributed by atoms with E-state index < -0.39 is 5.60 Å². The van der Waals surface area contributed by atoms with E-state index in [0.717, 1.165) is 18.5 Å². The van der Waals surface area contributed by atoms with Crippen molar-refractivity contribution >= 4 is 5.78 Å². The Labute approximate surface area is 107 Å². The summed E-state index contributed by atoms with van der Waals surface area (Å²) >= 11 is 0. The van der Waals surface area contributed by atoms with E-state index >= 15 is 0 Å². The standard InChI is InChI=1S/C13H21N3O2/c1-4-13(3,18)7-11-8-16(15-14-11)9(2)12(17)10-5-6-10/h8-10,18H,4-7H2,1-3H3. The predicted octanol–water partition coefficient (Wildman–Crippen LogP) is 1.52. The van der Waals surface area contributed by atoms with Gasteiger partial charge in [0.1, 0.15) is 6.04 Å². The highest BCUT2D eigenvalue weighted by molar-refractivity contribution is 5.86. The first-order valence-electron chi connectivity index (χ1n) is 6.60. The van der Waals surface area contributed by atoms with Crippen molar-refractivity contribution in [3.8, 4) is 0 Å². The topological polar surface area (TPSA) is 68.0 Å². The smallest absolute Gasteiger partial charge is 0.160 e. The van der Waals surface area contributed by atoms with Gasteiger partial charge in [-0.15, -0.1) is 5.10 Å². The minimum absolute atomic E-state index is 0.228. The van der Waals surface area contributed by atoms with Gasteiger partial charge in [-0.25, -0.2) is 4.68 Å². The third-order valence-electron chi connectivity index (χ3n) is 3.67. The molecule has 5 heteroatoms. The van der Waals surface area contributed by atoms with Crippen LogP contribution in [0.5, 0.6) is 0 Å². The molecule has 2 atom stereocenters. The van der Waals surface area contributed by atoms with Gasteiger partial charge in [0.2, 0.25) is 0 Å². The number of carbonyl (C=O) groups is 1. The Kier molecular flexibility index (Phi) is 3.52. The summed E-state index contributed by atoms with van der Waals surface area (Å²) in [6.45, 7) is 5.57. The molecular formula is C13H21N3O2. The quantitative estimate of drug-likeness (QED) is 0.832. The Morgan fingerprint density at radius 1 is 1.67 bits per heavy atom. The minimum atomic E-state index is -0.759. The molecule has 0 aromatic carbocycles. The van der Waals surface area contributed by atoms with Crippen molar-refractivity contribution in [1.29, 1.82) is 0 Å². The molecule has 1 aliphatic rings. The molecule has 1 aliphatic carbocycles. The third kappa shape index (κ3) is 2.96. The van der Waals surface area contributed by atoms with E-state index in [9.17, 15) is 9.90 Å². The van der Waals surface area contributed by atoms with Gasteiger partial charge in [-0.05, 0) is 33.1 Å². The Balaban J connectivity index is 2.03. The summed E-state index contributed by atoms with van der Waals surface area (Å²) in [5.74, 6) is 0.472. The van der Waals surface area contributed by atoms with Gasteiger partial charge in [0, 0.05) is 18.5 Å². The normalized spacial score (nSPS) is 20.4. The Morgan fingerprint density at radius 3 is 2.89 bits per heavy atom. The molecule has 0 aliphatic heterocycles. The van der Waals surface area contributed by atoms with Crippen molar-refractivity contribution in [2.75, 3.05) is 0 Å². The highest BCUT2D eigenvalue weighted by Crippen LogP contribution is 2.33. The zero-order valence-electron chi connectivity index (χ0n) is 11.3. The Morgan fingerprint density at radius 2 is 2.33 bits per heavy atom. The van der Waals surface area contributed by atoms with E-state index in [-0.39, 0.29) is 17.7 Å². The Bertz CT molecular complexity index is 435. The number of carbonyl (C=O) groups excluding carboxylic acids is 1. The Hall–Kier alpha value is -1.23. The van der Waals surface area contributed by atoms with Gasteiger partial charge in [-0.2, -0.15) is 0 Å².